The van der Waals surface area contributed by atoms with Gasteiger partial charge in [-0.2, -0.15) is 0 Å². The van der Waals surface area contributed by atoms with Gasteiger partial charge in [0, 0.05) is 9.35 Å². The first-order chi connectivity index (χ1) is 10.4. The first kappa shape index (κ1) is 15.3. The van der Waals surface area contributed by atoms with Crippen LogP contribution in [0.25, 0.3) is 0 Å². The van der Waals surface area contributed by atoms with Crippen molar-refractivity contribution in [3.05, 3.63) is 27.7 Å². The van der Waals surface area contributed by atoms with Gasteiger partial charge in [-0.1, -0.05) is 27.5 Å². The lowest BCUT2D eigenvalue weighted by molar-refractivity contribution is -0.159. The fourth-order valence-electron chi connectivity index (χ4n) is 5.16. The third-order valence-electron chi connectivity index (χ3n) is 5.52. The molecule has 2 nitrogen and oxygen atoms in total. The van der Waals surface area contributed by atoms with Crippen molar-refractivity contribution in [1.82, 2.24) is 0 Å². The predicted octanol–water partition coefficient (Wildman–Crippen LogP) is 5.59. The van der Waals surface area contributed by atoms with Gasteiger partial charge in [0.15, 0.2) is 0 Å². The molecular weight excluding hydrogens is 387 g/mol. The standard InChI is InChI=1S/C17H17BrCl2O2/c18-12-1-2-14(13(19)4-12)22-15(21)16-5-10-3-11(6-16)8-17(20,7-10)9-16/h1-2,4,10-11H,3,5-9H2/t10-,11+,16?,17?. The third kappa shape index (κ3) is 2.50. The van der Waals surface area contributed by atoms with Gasteiger partial charge in [0.1, 0.15) is 5.75 Å². The van der Waals surface area contributed by atoms with E-state index in [1.165, 1.54) is 6.42 Å². The van der Waals surface area contributed by atoms with Crippen LogP contribution in [0.1, 0.15) is 38.5 Å². The van der Waals surface area contributed by atoms with Crippen LogP contribution in [0.4, 0.5) is 0 Å². The lowest BCUT2D eigenvalue weighted by atomic mass is 9.49. The maximum Gasteiger partial charge on any atom is 0.317 e. The lowest BCUT2D eigenvalue weighted by Crippen LogP contribution is -2.56. The Morgan fingerprint density at radius 3 is 2.50 bits per heavy atom. The molecule has 0 aliphatic heterocycles. The number of esters is 1. The third-order valence-corrected chi connectivity index (χ3v) is 6.75. The molecule has 22 heavy (non-hydrogen) atoms. The molecule has 0 spiro atoms. The number of halogens is 3. The quantitative estimate of drug-likeness (QED) is 0.365. The molecule has 4 aliphatic carbocycles. The van der Waals surface area contributed by atoms with Gasteiger partial charge in [0.2, 0.25) is 0 Å². The second kappa shape index (κ2) is 5.12. The van der Waals surface area contributed by atoms with Crippen LogP contribution in [0.2, 0.25) is 5.02 Å². The number of hydrogen-bond acceptors (Lipinski definition) is 2. The van der Waals surface area contributed by atoms with E-state index < -0.39 is 5.41 Å². The summed E-state index contributed by atoms with van der Waals surface area (Å²) >= 11 is 16.3. The Morgan fingerprint density at radius 1 is 1.23 bits per heavy atom. The summed E-state index contributed by atoms with van der Waals surface area (Å²) in [6, 6.07) is 5.31. The van der Waals surface area contributed by atoms with E-state index in [2.05, 4.69) is 15.9 Å². The monoisotopic (exact) mass is 402 g/mol. The van der Waals surface area contributed by atoms with Crippen molar-refractivity contribution in [3.8, 4) is 5.75 Å². The number of benzene rings is 1. The summed E-state index contributed by atoms with van der Waals surface area (Å²) in [7, 11) is 0. The van der Waals surface area contributed by atoms with Crippen molar-refractivity contribution in [3.63, 3.8) is 0 Å². The average molecular weight is 404 g/mol. The highest BCUT2D eigenvalue weighted by molar-refractivity contribution is 9.10. The Kier molecular flexibility index (Phi) is 3.56. The van der Waals surface area contributed by atoms with Crippen molar-refractivity contribution in [2.75, 3.05) is 0 Å². The van der Waals surface area contributed by atoms with E-state index in [-0.39, 0.29) is 10.8 Å². The molecule has 4 atom stereocenters. The minimum absolute atomic E-state index is 0.143. The summed E-state index contributed by atoms with van der Waals surface area (Å²) in [5, 5.41) is 0.452. The summed E-state index contributed by atoms with van der Waals surface area (Å²) in [6.45, 7) is 0. The molecule has 4 aliphatic rings. The molecule has 4 fully saturated rings. The Labute approximate surface area is 148 Å². The van der Waals surface area contributed by atoms with Crippen molar-refractivity contribution >= 4 is 45.1 Å². The molecule has 0 heterocycles. The lowest BCUT2D eigenvalue weighted by Gasteiger charge is -2.58. The zero-order chi connectivity index (χ0) is 15.5. The molecule has 1 aromatic rings. The zero-order valence-electron chi connectivity index (χ0n) is 12.1. The van der Waals surface area contributed by atoms with Crippen LogP contribution < -0.4 is 4.74 Å². The summed E-state index contributed by atoms with van der Waals surface area (Å²) in [5.74, 6) is 1.45. The second-order valence-corrected chi connectivity index (χ2v) is 9.48. The summed E-state index contributed by atoms with van der Waals surface area (Å²) in [5.41, 5.74) is -0.401. The van der Waals surface area contributed by atoms with Gasteiger partial charge >= 0.3 is 5.97 Å². The van der Waals surface area contributed by atoms with Crippen LogP contribution in [-0.4, -0.2) is 10.8 Å². The van der Waals surface area contributed by atoms with E-state index in [4.69, 9.17) is 27.9 Å². The molecule has 5 heteroatoms. The predicted molar refractivity (Wildman–Crippen MR) is 90.5 cm³/mol. The molecule has 0 saturated heterocycles. The summed E-state index contributed by atoms with van der Waals surface area (Å²) < 4.78 is 6.55. The van der Waals surface area contributed by atoms with Gasteiger partial charge in [-0.3, -0.25) is 4.79 Å². The largest absolute Gasteiger partial charge is 0.425 e. The fraction of sp³-hybridized carbons (Fsp3) is 0.588. The van der Waals surface area contributed by atoms with Crippen molar-refractivity contribution < 1.29 is 9.53 Å². The van der Waals surface area contributed by atoms with Crippen molar-refractivity contribution in [2.45, 2.75) is 43.4 Å². The fourth-order valence-corrected chi connectivity index (χ4v) is 6.56. The molecule has 0 N–H and O–H groups in total. The molecule has 2 unspecified atom stereocenters. The van der Waals surface area contributed by atoms with Crippen LogP contribution in [0.15, 0.2) is 22.7 Å². The van der Waals surface area contributed by atoms with Gasteiger partial charge in [-0.15, -0.1) is 11.6 Å². The molecule has 118 valence electrons. The number of hydrogen-bond donors (Lipinski definition) is 0. The smallest absolute Gasteiger partial charge is 0.317 e. The van der Waals surface area contributed by atoms with Gasteiger partial charge in [0.05, 0.1) is 10.4 Å². The summed E-state index contributed by atoms with van der Waals surface area (Å²) in [4.78, 5) is 12.7. The Bertz CT molecular complexity index is 632. The average Bonchev–Trinajstić information content (AvgIpc) is 2.39. The van der Waals surface area contributed by atoms with Crippen LogP contribution >= 0.6 is 39.1 Å². The second-order valence-electron chi connectivity index (χ2n) is 7.36. The maximum absolute atomic E-state index is 12.9. The molecule has 5 rings (SSSR count). The van der Waals surface area contributed by atoms with E-state index in [0.29, 0.717) is 22.6 Å². The Morgan fingerprint density at radius 2 is 1.91 bits per heavy atom. The van der Waals surface area contributed by atoms with E-state index in [9.17, 15) is 4.79 Å². The number of carbonyl (C=O) groups is 1. The minimum Gasteiger partial charge on any atom is -0.425 e. The van der Waals surface area contributed by atoms with E-state index in [0.717, 1.165) is 36.6 Å². The highest BCUT2D eigenvalue weighted by atomic mass is 79.9. The highest BCUT2D eigenvalue weighted by Gasteiger charge is 2.60. The molecule has 0 aromatic heterocycles. The molecule has 0 radical (unpaired) electrons. The highest BCUT2D eigenvalue weighted by Crippen LogP contribution is 2.64. The van der Waals surface area contributed by atoms with Crippen molar-refractivity contribution in [1.29, 1.82) is 0 Å². The van der Waals surface area contributed by atoms with E-state index in [1.54, 1.807) is 12.1 Å². The first-order valence-electron chi connectivity index (χ1n) is 7.74. The molecule has 4 saturated carbocycles. The van der Waals surface area contributed by atoms with Gasteiger partial charge < -0.3 is 4.74 Å². The Balaban J connectivity index is 1.60. The Hall–Kier alpha value is -0.250. The van der Waals surface area contributed by atoms with E-state index >= 15 is 0 Å². The van der Waals surface area contributed by atoms with Crippen LogP contribution in [0, 0.1) is 17.3 Å². The van der Waals surface area contributed by atoms with Gasteiger partial charge in [0.25, 0.3) is 0 Å². The van der Waals surface area contributed by atoms with Crippen LogP contribution in [-0.2, 0) is 4.79 Å². The molecule has 1 aromatic carbocycles. The van der Waals surface area contributed by atoms with Gasteiger partial charge in [-0.25, -0.2) is 0 Å². The first-order valence-corrected chi connectivity index (χ1v) is 9.29. The number of carbonyl (C=O) groups excluding carboxylic acids is 1. The maximum atomic E-state index is 12.9. The van der Waals surface area contributed by atoms with Crippen LogP contribution in [0.5, 0.6) is 5.75 Å². The molecule has 4 bridgehead atoms. The number of ether oxygens (including phenoxy) is 1. The summed E-state index contributed by atoms with van der Waals surface area (Å²) in [6.07, 6.45) is 5.93. The number of alkyl halides is 1. The molecule has 0 amide bonds. The molecular formula is C17H17BrCl2O2. The SMILES string of the molecule is O=C(Oc1ccc(Br)cc1Cl)C12C[C@@H]3C[C@@H](CC(Cl)(C3)C1)C2. The van der Waals surface area contributed by atoms with Crippen LogP contribution in [0.3, 0.4) is 0 Å². The van der Waals surface area contributed by atoms with E-state index in [1.807, 2.05) is 6.07 Å². The topological polar surface area (TPSA) is 26.3 Å². The number of rotatable bonds is 2. The normalized spacial score (nSPS) is 39.0. The van der Waals surface area contributed by atoms with Crippen molar-refractivity contribution in [2.24, 2.45) is 17.3 Å². The van der Waals surface area contributed by atoms with Gasteiger partial charge in [-0.05, 0) is 68.6 Å². The zero-order valence-corrected chi connectivity index (χ0v) is 15.2. The minimum atomic E-state index is -0.401.